The molecule has 0 spiro atoms. The summed E-state index contributed by atoms with van der Waals surface area (Å²) in [6.45, 7) is 0. The molecule has 0 radical (unpaired) electrons. The Morgan fingerprint density at radius 1 is 1.04 bits per heavy atom. The van der Waals surface area contributed by atoms with Gasteiger partial charge in [0.1, 0.15) is 11.6 Å². The molecule has 27 heavy (non-hydrogen) atoms. The lowest BCUT2D eigenvalue weighted by Gasteiger charge is -2.34. The topological polar surface area (TPSA) is 58.2 Å². The zero-order valence-electron chi connectivity index (χ0n) is 14.7. The SMILES string of the molecule is O=C1CC(C(=O)NC2(c3ccc(F)cc3)CCCC2)c2ccc(F)cc2N1. The molecule has 1 heterocycles. The van der Waals surface area contributed by atoms with Crippen molar-refractivity contribution in [2.75, 3.05) is 5.32 Å². The van der Waals surface area contributed by atoms with Crippen molar-refractivity contribution < 1.29 is 18.4 Å². The van der Waals surface area contributed by atoms with Crippen LogP contribution in [0.5, 0.6) is 0 Å². The summed E-state index contributed by atoms with van der Waals surface area (Å²) in [7, 11) is 0. The van der Waals surface area contributed by atoms with Gasteiger partial charge in [-0.05, 0) is 48.2 Å². The van der Waals surface area contributed by atoms with E-state index in [0.717, 1.165) is 31.2 Å². The van der Waals surface area contributed by atoms with E-state index in [9.17, 15) is 18.4 Å². The predicted molar refractivity (Wildman–Crippen MR) is 97.1 cm³/mol. The van der Waals surface area contributed by atoms with Crippen LogP contribution in [0.25, 0.3) is 0 Å². The summed E-state index contributed by atoms with van der Waals surface area (Å²) in [4.78, 5) is 25.2. The standard InChI is InChI=1S/C21H20F2N2O2/c22-14-5-3-13(4-6-14)21(9-1-2-10-21)25-20(27)17-12-19(26)24-18-11-15(23)7-8-16(17)18/h3-8,11,17H,1-2,9-10,12H2,(H,24,26)(H,25,27). The maximum absolute atomic E-state index is 13.5. The van der Waals surface area contributed by atoms with E-state index >= 15 is 0 Å². The highest BCUT2D eigenvalue weighted by molar-refractivity contribution is 6.01. The molecule has 2 aliphatic rings. The lowest BCUT2D eigenvalue weighted by atomic mass is 9.85. The fourth-order valence-electron chi connectivity index (χ4n) is 4.23. The number of carbonyl (C=O) groups is 2. The summed E-state index contributed by atoms with van der Waals surface area (Å²) in [5.74, 6) is -2.03. The van der Waals surface area contributed by atoms with Crippen molar-refractivity contribution in [1.29, 1.82) is 0 Å². The monoisotopic (exact) mass is 370 g/mol. The Labute approximate surface area is 156 Å². The van der Waals surface area contributed by atoms with Crippen LogP contribution < -0.4 is 10.6 Å². The molecule has 140 valence electrons. The molecule has 2 N–H and O–H groups in total. The molecule has 2 amide bonds. The summed E-state index contributed by atoms with van der Waals surface area (Å²) in [6.07, 6.45) is 3.47. The number of nitrogens with one attached hydrogen (secondary N) is 2. The van der Waals surface area contributed by atoms with Crippen molar-refractivity contribution in [3.63, 3.8) is 0 Å². The van der Waals surface area contributed by atoms with Crippen molar-refractivity contribution in [3.8, 4) is 0 Å². The molecule has 1 atom stereocenters. The number of rotatable bonds is 3. The predicted octanol–water partition coefficient (Wildman–Crippen LogP) is 3.98. The third kappa shape index (κ3) is 3.31. The summed E-state index contributed by atoms with van der Waals surface area (Å²) in [5.41, 5.74) is 1.27. The van der Waals surface area contributed by atoms with E-state index in [-0.39, 0.29) is 24.1 Å². The van der Waals surface area contributed by atoms with Gasteiger partial charge >= 0.3 is 0 Å². The second-order valence-corrected chi connectivity index (χ2v) is 7.32. The van der Waals surface area contributed by atoms with Crippen molar-refractivity contribution in [2.45, 2.75) is 43.6 Å². The summed E-state index contributed by atoms with van der Waals surface area (Å²) in [5, 5.41) is 5.76. The number of halogens is 2. The van der Waals surface area contributed by atoms with Gasteiger partial charge in [0.25, 0.3) is 0 Å². The van der Waals surface area contributed by atoms with E-state index in [4.69, 9.17) is 0 Å². The molecule has 6 heteroatoms. The number of benzene rings is 2. The van der Waals surface area contributed by atoms with E-state index in [1.165, 1.54) is 24.3 Å². The van der Waals surface area contributed by atoms with Crippen LogP contribution in [0.15, 0.2) is 42.5 Å². The maximum atomic E-state index is 13.5. The molecule has 1 unspecified atom stereocenters. The smallest absolute Gasteiger partial charge is 0.228 e. The van der Waals surface area contributed by atoms with Crippen LogP contribution >= 0.6 is 0 Å². The molecule has 1 aliphatic carbocycles. The van der Waals surface area contributed by atoms with Crippen molar-refractivity contribution in [2.24, 2.45) is 0 Å². The Hall–Kier alpha value is -2.76. The van der Waals surface area contributed by atoms with Gasteiger partial charge in [-0.3, -0.25) is 9.59 Å². The molecule has 2 aromatic carbocycles. The molecular weight excluding hydrogens is 350 g/mol. The highest BCUT2D eigenvalue weighted by Gasteiger charge is 2.40. The van der Waals surface area contributed by atoms with Gasteiger partial charge in [-0.2, -0.15) is 0 Å². The summed E-state index contributed by atoms with van der Waals surface area (Å²) < 4.78 is 26.8. The molecule has 0 aromatic heterocycles. The first-order chi connectivity index (χ1) is 13.0. The molecule has 1 fully saturated rings. The molecule has 1 saturated carbocycles. The van der Waals surface area contributed by atoms with Gasteiger partial charge in [0.2, 0.25) is 11.8 Å². The first-order valence-electron chi connectivity index (χ1n) is 9.14. The molecule has 1 aliphatic heterocycles. The van der Waals surface area contributed by atoms with Crippen LogP contribution in [-0.4, -0.2) is 11.8 Å². The average molecular weight is 370 g/mol. The van der Waals surface area contributed by atoms with Crippen molar-refractivity contribution >= 4 is 17.5 Å². The fourth-order valence-corrected chi connectivity index (χ4v) is 4.23. The Kier molecular flexibility index (Phi) is 4.42. The summed E-state index contributed by atoms with van der Waals surface area (Å²) in [6, 6.07) is 10.3. The lowest BCUT2D eigenvalue weighted by Crippen LogP contribution is -2.47. The van der Waals surface area contributed by atoms with Gasteiger partial charge in [0, 0.05) is 12.1 Å². The zero-order valence-corrected chi connectivity index (χ0v) is 14.7. The van der Waals surface area contributed by atoms with Gasteiger partial charge in [0.15, 0.2) is 0 Å². The second kappa shape index (κ2) is 6.76. The molecule has 4 rings (SSSR count). The largest absolute Gasteiger partial charge is 0.346 e. The molecule has 0 saturated heterocycles. The van der Waals surface area contributed by atoms with Crippen LogP contribution in [0.1, 0.15) is 49.1 Å². The maximum Gasteiger partial charge on any atom is 0.228 e. The van der Waals surface area contributed by atoms with Gasteiger partial charge in [0.05, 0.1) is 11.5 Å². The van der Waals surface area contributed by atoms with E-state index in [1.807, 2.05) is 0 Å². The third-order valence-electron chi connectivity index (χ3n) is 5.59. The van der Waals surface area contributed by atoms with Crippen LogP contribution in [0.2, 0.25) is 0 Å². The second-order valence-electron chi connectivity index (χ2n) is 7.32. The minimum atomic E-state index is -0.674. The molecular formula is C21H20F2N2O2. The number of anilines is 1. The third-order valence-corrected chi connectivity index (χ3v) is 5.59. The highest BCUT2D eigenvalue weighted by atomic mass is 19.1. The van der Waals surface area contributed by atoms with Crippen LogP contribution in [0, 0.1) is 11.6 Å². The number of carbonyl (C=O) groups excluding carboxylic acids is 2. The van der Waals surface area contributed by atoms with Crippen LogP contribution in [0.3, 0.4) is 0 Å². The first kappa shape index (κ1) is 17.6. The molecule has 2 aromatic rings. The molecule has 0 bridgehead atoms. The van der Waals surface area contributed by atoms with Crippen molar-refractivity contribution in [1.82, 2.24) is 5.32 Å². The Morgan fingerprint density at radius 2 is 1.70 bits per heavy atom. The average Bonchev–Trinajstić information content (AvgIpc) is 3.10. The van der Waals surface area contributed by atoms with Gasteiger partial charge in [-0.15, -0.1) is 0 Å². The van der Waals surface area contributed by atoms with Crippen LogP contribution in [0.4, 0.5) is 14.5 Å². The van der Waals surface area contributed by atoms with Crippen LogP contribution in [-0.2, 0) is 15.1 Å². The minimum Gasteiger partial charge on any atom is -0.346 e. The minimum absolute atomic E-state index is 0.0178. The van der Waals surface area contributed by atoms with E-state index in [2.05, 4.69) is 10.6 Å². The van der Waals surface area contributed by atoms with Crippen molar-refractivity contribution in [3.05, 3.63) is 65.2 Å². The van der Waals surface area contributed by atoms with E-state index in [0.29, 0.717) is 11.3 Å². The quantitative estimate of drug-likeness (QED) is 0.859. The first-order valence-corrected chi connectivity index (χ1v) is 9.14. The van der Waals surface area contributed by atoms with Gasteiger partial charge in [-0.25, -0.2) is 8.78 Å². The zero-order chi connectivity index (χ0) is 19.0. The fraction of sp³-hybridized carbons (Fsp3) is 0.333. The highest BCUT2D eigenvalue weighted by Crippen LogP contribution is 2.40. The number of hydrogen-bond acceptors (Lipinski definition) is 2. The molecule has 4 nitrogen and oxygen atoms in total. The lowest BCUT2D eigenvalue weighted by molar-refractivity contribution is -0.128. The Morgan fingerprint density at radius 3 is 2.41 bits per heavy atom. The summed E-state index contributed by atoms with van der Waals surface area (Å²) >= 11 is 0. The van der Waals surface area contributed by atoms with E-state index < -0.39 is 17.3 Å². The number of fused-ring (bicyclic) bond motifs is 1. The van der Waals surface area contributed by atoms with E-state index in [1.54, 1.807) is 18.2 Å². The number of amides is 2. The van der Waals surface area contributed by atoms with Gasteiger partial charge < -0.3 is 10.6 Å². The Bertz CT molecular complexity index is 890. The number of hydrogen-bond donors (Lipinski definition) is 2. The van der Waals surface area contributed by atoms with Gasteiger partial charge in [-0.1, -0.05) is 31.0 Å². The Balaban J connectivity index is 1.64. The normalized spacial score (nSPS) is 20.7.